The van der Waals surface area contributed by atoms with Crippen LogP contribution < -0.4 is 5.73 Å². The van der Waals surface area contributed by atoms with Crippen LogP contribution in [0, 0.1) is 5.92 Å². The molecule has 1 aromatic heterocycles. The van der Waals surface area contributed by atoms with Crippen LogP contribution in [-0.4, -0.2) is 27.3 Å². The number of rotatable bonds is 5. The van der Waals surface area contributed by atoms with Crippen molar-refractivity contribution in [2.75, 3.05) is 6.61 Å². The van der Waals surface area contributed by atoms with Crippen molar-refractivity contribution >= 4 is 11.0 Å². The summed E-state index contributed by atoms with van der Waals surface area (Å²) in [6.07, 6.45) is 3.31. The lowest BCUT2D eigenvalue weighted by Gasteiger charge is -2.12. The van der Waals surface area contributed by atoms with Crippen molar-refractivity contribution in [3.63, 3.8) is 0 Å². The molecule has 0 saturated heterocycles. The number of aliphatic hydroxyl groups is 1. The molecule has 0 spiro atoms. The number of para-hydroxylation sites is 2. The van der Waals surface area contributed by atoms with Crippen molar-refractivity contribution in [3.05, 3.63) is 30.1 Å². The van der Waals surface area contributed by atoms with Gasteiger partial charge in [0.2, 0.25) is 0 Å². The van der Waals surface area contributed by atoms with Crippen molar-refractivity contribution in [2.24, 2.45) is 11.7 Å². The van der Waals surface area contributed by atoms with Gasteiger partial charge in [0.1, 0.15) is 5.82 Å². The SMILES string of the molecule is NC(Cc1nc2ccccc2n1CCO)C1CC1. The van der Waals surface area contributed by atoms with E-state index in [0.29, 0.717) is 12.5 Å². The maximum Gasteiger partial charge on any atom is 0.111 e. The van der Waals surface area contributed by atoms with Gasteiger partial charge in [-0.2, -0.15) is 0 Å². The zero-order valence-corrected chi connectivity index (χ0v) is 10.4. The first-order chi connectivity index (χ1) is 8.79. The third-order valence-electron chi connectivity index (χ3n) is 3.70. The highest BCUT2D eigenvalue weighted by Gasteiger charge is 2.29. The Bertz CT molecular complexity index is 545. The van der Waals surface area contributed by atoms with E-state index >= 15 is 0 Å². The van der Waals surface area contributed by atoms with Crippen LogP contribution in [0.25, 0.3) is 11.0 Å². The van der Waals surface area contributed by atoms with Crippen molar-refractivity contribution in [2.45, 2.75) is 31.8 Å². The number of aromatic nitrogens is 2. The zero-order valence-electron chi connectivity index (χ0n) is 10.4. The number of hydrogen-bond acceptors (Lipinski definition) is 3. The van der Waals surface area contributed by atoms with E-state index < -0.39 is 0 Å². The van der Waals surface area contributed by atoms with E-state index in [1.54, 1.807) is 0 Å². The lowest BCUT2D eigenvalue weighted by atomic mass is 10.1. The summed E-state index contributed by atoms with van der Waals surface area (Å²) in [5.74, 6) is 1.68. The van der Waals surface area contributed by atoms with E-state index in [-0.39, 0.29) is 12.6 Å². The fourth-order valence-corrected chi connectivity index (χ4v) is 2.53. The minimum Gasteiger partial charge on any atom is -0.395 e. The van der Waals surface area contributed by atoms with Gasteiger partial charge in [-0.1, -0.05) is 12.1 Å². The quantitative estimate of drug-likeness (QED) is 0.834. The minimum atomic E-state index is 0.131. The van der Waals surface area contributed by atoms with Crippen molar-refractivity contribution in [3.8, 4) is 0 Å². The van der Waals surface area contributed by atoms with Gasteiger partial charge in [-0.25, -0.2) is 4.98 Å². The van der Waals surface area contributed by atoms with Gasteiger partial charge >= 0.3 is 0 Å². The van der Waals surface area contributed by atoms with Gasteiger partial charge in [0.25, 0.3) is 0 Å². The van der Waals surface area contributed by atoms with Crippen LogP contribution in [0.2, 0.25) is 0 Å². The van der Waals surface area contributed by atoms with E-state index in [1.807, 2.05) is 24.3 Å². The van der Waals surface area contributed by atoms with Crippen LogP contribution >= 0.6 is 0 Å². The highest BCUT2D eigenvalue weighted by Crippen LogP contribution is 2.33. The van der Waals surface area contributed by atoms with Crippen LogP contribution in [0.4, 0.5) is 0 Å². The van der Waals surface area contributed by atoms with Gasteiger partial charge in [-0.05, 0) is 30.9 Å². The maximum atomic E-state index is 9.20. The van der Waals surface area contributed by atoms with Crippen LogP contribution in [-0.2, 0) is 13.0 Å². The molecule has 1 aromatic carbocycles. The van der Waals surface area contributed by atoms with Gasteiger partial charge < -0.3 is 15.4 Å². The Hall–Kier alpha value is -1.39. The Morgan fingerprint density at radius 3 is 2.89 bits per heavy atom. The molecule has 3 N–H and O–H groups in total. The highest BCUT2D eigenvalue weighted by atomic mass is 16.3. The average molecular weight is 245 g/mol. The fraction of sp³-hybridized carbons (Fsp3) is 0.500. The molecule has 1 saturated carbocycles. The van der Waals surface area contributed by atoms with Crippen LogP contribution in [0.15, 0.2) is 24.3 Å². The second-order valence-electron chi connectivity index (χ2n) is 5.10. The molecular formula is C14H19N3O. The first-order valence-corrected chi connectivity index (χ1v) is 6.60. The van der Waals surface area contributed by atoms with Gasteiger partial charge in [0.15, 0.2) is 0 Å². The number of fused-ring (bicyclic) bond motifs is 1. The molecule has 4 nitrogen and oxygen atoms in total. The fourth-order valence-electron chi connectivity index (χ4n) is 2.53. The summed E-state index contributed by atoms with van der Waals surface area (Å²) in [6.45, 7) is 0.721. The summed E-state index contributed by atoms with van der Waals surface area (Å²) < 4.78 is 2.09. The summed E-state index contributed by atoms with van der Waals surface area (Å²) in [6, 6.07) is 8.25. The summed E-state index contributed by atoms with van der Waals surface area (Å²) in [5.41, 5.74) is 8.26. The minimum absolute atomic E-state index is 0.131. The molecule has 0 aliphatic heterocycles. The first kappa shape index (κ1) is 11.7. The highest BCUT2D eigenvalue weighted by molar-refractivity contribution is 5.75. The molecule has 0 radical (unpaired) electrons. The van der Waals surface area contributed by atoms with E-state index in [4.69, 9.17) is 5.73 Å². The van der Waals surface area contributed by atoms with Crippen LogP contribution in [0.5, 0.6) is 0 Å². The largest absolute Gasteiger partial charge is 0.395 e. The Labute approximate surface area is 106 Å². The zero-order chi connectivity index (χ0) is 12.5. The molecule has 1 heterocycles. The molecule has 4 heteroatoms. The number of imidazole rings is 1. The topological polar surface area (TPSA) is 64.1 Å². The van der Waals surface area contributed by atoms with Crippen LogP contribution in [0.1, 0.15) is 18.7 Å². The summed E-state index contributed by atoms with van der Waals surface area (Å²) >= 11 is 0. The molecule has 96 valence electrons. The maximum absolute atomic E-state index is 9.20. The number of nitrogens with two attached hydrogens (primary N) is 1. The molecule has 1 atom stereocenters. The Morgan fingerprint density at radius 1 is 1.39 bits per heavy atom. The summed E-state index contributed by atoms with van der Waals surface area (Å²) in [7, 11) is 0. The Balaban J connectivity index is 1.95. The Kier molecular flexibility index (Phi) is 3.06. The third-order valence-corrected chi connectivity index (χ3v) is 3.70. The first-order valence-electron chi connectivity index (χ1n) is 6.60. The van der Waals surface area contributed by atoms with E-state index in [1.165, 1.54) is 12.8 Å². The number of aliphatic hydroxyl groups excluding tert-OH is 1. The van der Waals surface area contributed by atoms with Gasteiger partial charge in [-0.15, -0.1) is 0 Å². The second-order valence-corrected chi connectivity index (χ2v) is 5.10. The molecule has 2 aromatic rings. The molecule has 18 heavy (non-hydrogen) atoms. The predicted molar refractivity (Wildman–Crippen MR) is 71.2 cm³/mol. The standard InChI is InChI=1S/C14H19N3O/c15-11(10-5-6-10)9-14-16-12-3-1-2-4-13(12)17(14)7-8-18/h1-4,10-11,18H,5-9,15H2. The average Bonchev–Trinajstić information content (AvgIpc) is 3.16. The van der Waals surface area contributed by atoms with Crippen molar-refractivity contribution < 1.29 is 5.11 Å². The van der Waals surface area contributed by atoms with Gasteiger partial charge in [-0.3, -0.25) is 0 Å². The van der Waals surface area contributed by atoms with Crippen molar-refractivity contribution in [1.29, 1.82) is 0 Å². The molecule has 1 aliphatic carbocycles. The van der Waals surface area contributed by atoms with E-state index in [9.17, 15) is 5.11 Å². The van der Waals surface area contributed by atoms with Crippen LogP contribution in [0.3, 0.4) is 0 Å². The normalized spacial score (nSPS) is 17.2. The number of benzene rings is 1. The molecule has 3 rings (SSSR count). The number of hydrogen-bond donors (Lipinski definition) is 2. The van der Waals surface area contributed by atoms with E-state index in [0.717, 1.165) is 23.3 Å². The molecule has 0 bridgehead atoms. The monoisotopic (exact) mass is 245 g/mol. The molecule has 0 amide bonds. The summed E-state index contributed by atoms with van der Waals surface area (Å²) in [5, 5.41) is 9.20. The van der Waals surface area contributed by atoms with Gasteiger partial charge in [0, 0.05) is 19.0 Å². The predicted octanol–water partition coefficient (Wildman–Crippen LogP) is 1.31. The lowest BCUT2D eigenvalue weighted by molar-refractivity contribution is 0.275. The third kappa shape index (κ3) is 2.13. The van der Waals surface area contributed by atoms with E-state index in [2.05, 4.69) is 9.55 Å². The second kappa shape index (κ2) is 4.71. The molecule has 1 unspecified atom stereocenters. The molecular weight excluding hydrogens is 226 g/mol. The van der Waals surface area contributed by atoms with Gasteiger partial charge in [0.05, 0.1) is 17.6 Å². The number of nitrogens with zero attached hydrogens (tertiary/aromatic N) is 2. The molecule has 1 fully saturated rings. The summed E-state index contributed by atoms with van der Waals surface area (Å²) in [4.78, 5) is 4.65. The smallest absolute Gasteiger partial charge is 0.111 e. The van der Waals surface area contributed by atoms with Crippen molar-refractivity contribution in [1.82, 2.24) is 9.55 Å². The molecule has 1 aliphatic rings. The Morgan fingerprint density at radius 2 is 2.17 bits per heavy atom. The lowest BCUT2D eigenvalue weighted by Crippen LogP contribution is -2.27.